The van der Waals surface area contributed by atoms with Gasteiger partial charge in [0.15, 0.2) is 18.1 Å². The van der Waals surface area contributed by atoms with E-state index in [1.54, 1.807) is 23.0 Å². The van der Waals surface area contributed by atoms with Crippen LogP contribution >= 0.6 is 0 Å². The number of benzene rings is 1. The molecule has 222 valence electrons. The summed E-state index contributed by atoms with van der Waals surface area (Å²) in [6.07, 6.45) is 2.44. The van der Waals surface area contributed by atoms with Crippen LogP contribution in [0.1, 0.15) is 70.8 Å². The average molecular weight is 563 g/mol. The number of aryl methyl sites for hydroxylation is 1. The van der Waals surface area contributed by atoms with Gasteiger partial charge in [0.25, 0.3) is 11.8 Å². The molecule has 1 saturated heterocycles. The number of hydrogen-bond donors (Lipinski definition) is 1. The molecule has 0 radical (unpaired) electrons. The molecular weight excluding hydrogens is 519 g/mol. The Morgan fingerprint density at radius 3 is 2.55 bits per heavy atom. The minimum absolute atomic E-state index is 0.121. The van der Waals surface area contributed by atoms with E-state index in [0.717, 1.165) is 6.42 Å². The first kappa shape index (κ1) is 31.2. The number of piperidine rings is 1. The Morgan fingerprint density at radius 2 is 1.93 bits per heavy atom. The predicted molar refractivity (Wildman–Crippen MR) is 150 cm³/mol. The number of carbonyl (C=O) groups is 3. The average Bonchev–Trinajstić information content (AvgIpc) is 3.16. The maximum atomic E-state index is 14.5. The Morgan fingerprint density at radius 1 is 1.20 bits per heavy atom. The van der Waals surface area contributed by atoms with E-state index in [1.165, 1.54) is 12.1 Å². The quantitative estimate of drug-likeness (QED) is 0.408. The molecule has 2 N–H and O–H groups in total. The molecule has 1 atom stereocenters. The first-order valence-electron chi connectivity index (χ1n) is 13.9. The van der Waals surface area contributed by atoms with Gasteiger partial charge in [-0.15, -0.1) is 0 Å². The van der Waals surface area contributed by atoms with E-state index in [4.69, 9.17) is 19.9 Å². The minimum atomic E-state index is -0.711. The Kier molecular flexibility index (Phi) is 10.4. The van der Waals surface area contributed by atoms with Crippen LogP contribution in [0.2, 0.25) is 0 Å². The maximum absolute atomic E-state index is 14.5. The zero-order chi connectivity index (χ0) is 29.6. The number of carbonyl (C=O) groups excluding carboxylic acids is 3. The van der Waals surface area contributed by atoms with Gasteiger partial charge in [0.2, 0.25) is 0 Å². The van der Waals surface area contributed by atoms with Crippen molar-refractivity contribution in [1.29, 1.82) is 0 Å². The summed E-state index contributed by atoms with van der Waals surface area (Å²) >= 11 is 0. The van der Waals surface area contributed by atoms with Gasteiger partial charge in [-0.05, 0) is 78.5 Å². The third-order valence-electron chi connectivity index (χ3n) is 6.75. The van der Waals surface area contributed by atoms with Gasteiger partial charge in [-0.3, -0.25) is 9.59 Å². The number of primary amides is 1. The molecule has 0 bridgehead atoms. The molecule has 1 aromatic heterocycles. The van der Waals surface area contributed by atoms with Crippen LogP contribution in [0.3, 0.4) is 0 Å². The van der Waals surface area contributed by atoms with Gasteiger partial charge in [-0.25, -0.2) is 9.18 Å². The molecule has 2 heterocycles. The fourth-order valence-electron chi connectivity index (χ4n) is 5.16. The number of aromatic nitrogens is 1. The number of methoxy groups -OCH3 is 1. The summed E-state index contributed by atoms with van der Waals surface area (Å²) in [4.78, 5) is 42.4. The second-order valence-corrected chi connectivity index (χ2v) is 11.5. The van der Waals surface area contributed by atoms with Crippen LogP contribution in [-0.2, 0) is 20.8 Å². The van der Waals surface area contributed by atoms with Crippen LogP contribution in [0.25, 0.3) is 10.9 Å². The van der Waals surface area contributed by atoms with Gasteiger partial charge >= 0.3 is 6.09 Å². The first-order chi connectivity index (χ1) is 18.8. The van der Waals surface area contributed by atoms with E-state index in [2.05, 4.69) is 0 Å². The number of unbranched alkanes of at least 4 members (excludes halogenated alkanes) is 1. The van der Waals surface area contributed by atoms with Crippen LogP contribution < -0.4 is 10.5 Å². The molecule has 3 amide bonds. The summed E-state index contributed by atoms with van der Waals surface area (Å²) in [5.41, 5.74) is 5.57. The van der Waals surface area contributed by atoms with Gasteiger partial charge < -0.3 is 34.3 Å². The molecule has 0 unspecified atom stereocenters. The fraction of sp³-hybridized carbons (Fsp3) is 0.621. The number of amides is 3. The predicted octanol–water partition coefficient (Wildman–Crippen LogP) is 4.32. The van der Waals surface area contributed by atoms with Crippen molar-refractivity contribution in [3.63, 3.8) is 0 Å². The first-order valence-corrected chi connectivity index (χ1v) is 13.9. The topological polar surface area (TPSA) is 116 Å². The molecule has 0 spiro atoms. The Hall–Kier alpha value is -3.34. The summed E-state index contributed by atoms with van der Waals surface area (Å²) < 4.78 is 32.8. The maximum Gasteiger partial charge on any atom is 0.410 e. The second-order valence-electron chi connectivity index (χ2n) is 11.5. The largest absolute Gasteiger partial charge is 0.481 e. The van der Waals surface area contributed by atoms with E-state index in [0.29, 0.717) is 56.4 Å². The van der Waals surface area contributed by atoms with Crippen LogP contribution in [0.15, 0.2) is 18.2 Å². The molecule has 3 rings (SSSR count). The smallest absolute Gasteiger partial charge is 0.410 e. The number of fused-ring (bicyclic) bond motifs is 1. The standard InChI is InChI=1S/C29H43FN4O6/c1-19(2)34(21-10-9-13-32(17-21)28(37)40-29(3,4)5)27(36)25-26(39-18-24(31)35)22-16-20(30)11-12-23(22)33(25)14-7-8-15-38-6/h11-12,16,19,21H,7-10,13-15,17-18H2,1-6H3,(H2,31,35)/t21-/m1/s1. The summed E-state index contributed by atoms with van der Waals surface area (Å²) in [6.45, 7) is 10.7. The van der Waals surface area contributed by atoms with Crippen molar-refractivity contribution < 1.29 is 33.0 Å². The summed E-state index contributed by atoms with van der Waals surface area (Å²) in [5, 5.41) is 0.388. The van der Waals surface area contributed by atoms with E-state index in [1.807, 2.05) is 39.2 Å². The minimum Gasteiger partial charge on any atom is -0.481 e. The highest BCUT2D eigenvalue weighted by Gasteiger charge is 2.37. The van der Waals surface area contributed by atoms with Crippen LogP contribution in [0, 0.1) is 5.82 Å². The highest BCUT2D eigenvalue weighted by molar-refractivity contribution is 6.04. The van der Waals surface area contributed by atoms with Crippen molar-refractivity contribution in [2.75, 3.05) is 33.4 Å². The fourth-order valence-corrected chi connectivity index (χ4v) is 5.16. The molecule has 1 fully saturated rings. The molecule has 11 heteroatoms. The second kappa shape index (κ2) is 13.3. The number of halogens is 1. The van der Waals surface area contributed by atoms with Gasteiger partial charge in [0, 0.05) is 44.8 Å². The molecule has 0 saturated carbocycles. The van der Waals surface area contributed by atoms with Gasteiger partial charge in [-0.1, -0.05) is 0 Å². The number of nitrogens with zero attached hydrogens (tertiary/aromatic N) is 3. The summed E-state index contributed by atoms with van der Waals surface area (Å²) in [7, 11) is 1.63. The highest BCUT2D eigenvalue weighted by Crippen LogP contribution is 2.36. The van der Waals surface area contributed by atoms with E-state index < -0.39 is 30.0 Å². The third kappa shape index (κ3) is 7.65. The lowest BCUT2D eigenvalue weighted by Gasteiger charge is -2.41. The van der Waals surface area contributed by atoms with Crippen LogP contribution in [0.5, 0.6) is 5.75 Å². The Balaban J connectivity index is 2.06. The molecule has 1 aliphatic rings. The summed E-state index contributed by atoms with van der Waals surface area (Å²) in [5.74, 6) is -1.41. The number of hydrogen-bond acceptors (Lipinski definition) is 6. The van der Waals surface area contributed by atoms with Gasteiger partial charge in [0.05, 0.1) is 11.6 Å². The number of nitrogens with two attached hydrogens (primary N) is 1. The molecule has 1 aliphatic heterocycles. The Bertz CT molecular complexity index is 1210. The zero-order valence-corrected chi connectivity index (χ0v) is 24.5. The van der Waals surface area contributed by atoms with Crippen molar-refractivity contribution >= 4 is 28.8 Å². The van der Waals surface area contributed by atoms with E-state index in [9.17, 15) is 18.8 Å². The Labute approximate surface area is 235 Å². The molecule has 10 nitrogen and oxygen atoms in total. The van der Waals surface area contributed by atoms with Gasteiger partial charge in [0.1, 0.15) is 11.4 Å². The van der Waals surface area contributed by atoms with Crippen molar-refractivity contribution in [2.45, 2.75) is 84.5 Å². The van der Waals surface area contributed by atoms with Gasteiger partial charge in [-0.2, -0.15) is 0 Å². The molecule has 1 aromatic carbocycles. The van der Waals surface area contributed by atoms with Crippen LogP contribution in [0.4, 0.5) is 9.18 Å². The van der Waals surface area contributed by atoms with Crippen molar-refractivity contribution in [3.05, 3.63) is 29.7 Å². The third-order valence-corrected chi connectivity index (χ3v) is 6.75. The van der Waals surface area contributed by atoms with Crippen molar-refractivity contribution in [3.8, 4) is 5.75 Å². The molecular formula is C29H43FN4O6. The number of likely N-dealkylation sites (tertiary alicyclic amines) is 1. The van der Waals surface area contributed by atoms with Crippen molar-refractivity contribution in [2.24, 2.45) is 5.73 Å². The normalized spacial score (nSPS) is 15.9. The SMILES string of the molecule is COCCCCn1c(C(=O)N(C(C)C)[C@@H]2CCCN(C(=O)OC(C)(C)C)C2)c(OCC(N)=O)c2cc(F)ccc21. The number of rotatable bonds is 11. The number of ether oxygens (including phenoxy) is 3. The molecule has 40 heavy (non-hydrogen) atoms. The zero-order valence-electron chi connectivity index (χ0n) is 24.5. The lowest BCUT2D eigenvalue weighted by atomic mass is 10.0. The van der Waals surface area contributed by atoms with E-state index >= 15 is 0 Å². The highest BCUT2D eigenvalue weighted by atomic mass is 19.1. The summed E-state index contributed by atoms with van der Waals surface area (Å²) in [6, 6.07) is 3.74. The van der Waals surface area contributed by atoms with E-state index in [-0.39, 0.29) is 29.4 Å². The van der Waals surface area contributed by atoms with Crippen molar-refractivity contribution in [1.82, 2.24) is 14.4 Å². The lowest BCUT2D eigenvalue weighted by molar-refractivity contribution is -0.119. The lowest BCUT2D eigenvalue weighted by Crippen LogP contribution is -2.54. The molecule has 0 aliphatic carbocycles. The van der Waals surface area contributed by atoms with Crippen LogP contribution in [-0.4, -0.2) is 83.4 Å². The molecule has 2 aromatic rings. The monoisotopic (exact) mass is 562 g/mol.